The maximum absolute atomic E-state index is 5.82. The summed E-state index contributed by atoms with van der Waals surface area (Å²) in [6.07, 6.45) is 1.85. The summed E-state index contributed by atoms with van der Waals surface area (Å²) in [6, 6.07) is 2.64. The van der Waals surface area contributed by atoms with Crippen LogP contribution in [0.4, 0.5) is 5.82 Å². The first-order valence-electron chi connectivity index (χ1n) is 6.49. The zero-order chi connectivity index (χ0) is 13.1. The lowest BCUT2D eigenvalue weighted by Crippen LogP contribution is -2.52. The molecule has 0 radical (unpaired) electrons. The van der Waals surface area contributed by atoms with Crippen molar-refractivity contribution in [3.8, 4) is 0 Å². The van der Waals surface area contributed by atoms with Crippen molar-refractivity contribution in [1.82, 2.24) is 9.88 Å². The second-order valence-electron chi connectivity index (χ2n) is 4.76. The number of piperazine rings is 1. The van der Waals surface area contributed by atoms with Gasteiger partial charge in [0.15, 0.2) is 0 Å². The van der Waals surface area contributed by atoms with Gasteiger partial charge in [-0.1, -0.05) is 6.92 Å². The molecule has 18 heavy (non-hydrogen) atoms. The van der Waals surface area contributed by atoms with Crippen LogP contribution in [0.2, 0.25) is 0 Å². The van der Waals surface area contributed by atoms with Gasteiger partial charge in [0.1, 0.15) is 5.82 Å². The fraction of sp³-hybridized carbons (Fsp3) is 0.615. The molecule has 4 nitrogen and oxygen atoms in total. The smallest absolute Gasteiger partial charge is 0.133 e. The third-order valence-electron chi connectivity index (χ3n) is 3.60. The van der Waals surface area contributed by atoms with Crippen LogP contribution in [-0.2, 0) is 6.54 Å². The molecule has 2 rings (SSSR count). The summed E-state index contributed by atoms with van der Waals surface area (Å²) in [6.45, 7) is 9.29. The lowest BCUT2D eigenvalue weighted by atomic mass is 10.1. The molecule has 0 bridgehead atoms. The van der Waals surface area contributed by atoms with Crippen molar-refractivity contribution in [1.29, 1.82) is 0 Å². The molecule has 1 atom stereocenters. The maximum Gasteiger partial charge on any atom is 0.133 e. The summed E-state index contributed by atoms with van der Waals surface area (Å²) >= 11 is 3.45. The van der Waals surface area contributed by atoms with Crippen LogP contribution in [0.3, 0.4) is 0 Å². The lowest BCUT2D eigenvalue weighted by Gasteiger charge is -2.40. The summed E-state index contributed by atoms with van der Waals surface area (Å²) in [5.41, 5.74) is 6.93. The molecule has 1 aromatic heterocycles. The molecule has 1 unspecified atom stereocenters. The largest absolute Gasteiger partial charge is 0.354 e. The number of nitrogens with two attached hydrogens (primary N) is 1. The van der Waals surface area contributed by atoms with E-state index in [9.17, 15) is 0 Å². The normalized spacial score (nSPS) is 21.3. The van der Waals surface area contributed by atoms with Crippen molar-refractivity contribution in [2.75, 3.05) is 31.1 Å². The monoisotopic (exact) mass is 312 g/mol. The Morgan fingerprint density at radius 2 is 2.28 bits per heavy atom. The van der Waals surface area contributed by atoms with Gasteiger partial charge in [-0.05, 0) is 35.5 Å². The molecule has 1 aromatic rings. The van der Waals surface area contributed by atoms with Gasteiger partial charge in [-0.25, -0.2) is 4.98 Å². The number of anilines is 1. The van der Waals surface area contributed by atoms with Crippen LogP contribution in [0.15, 0.2) is 16.7 Å². The van der Waals surface area contributed by atoms with E-state index >= 15 is 0 Å². The van der Waals surface area contributed by atoms with Gasteiger partial charge in [0.25, 0.3) is 0 Å². The van der Waals surface area contributed by atoms with E-state index in [1.807, 2.05) is 6.20 Å². The van der Waals surface area contributed by atoms with Gasteiger partial charge in [-0.3, -0.25) is 4.90 Å². The topological polar surface area (TPSA) is 45.4 Å². The van der Waals surface area contributed by atoms with Crippen molar-refractivity contribution in [3.63, 3.8) is 0 Å². The quantitative estimate of drug-likeness (QED) is 0.925. The second-order valence-corrected chi connectivity index (χ2v) is 5.68. The Morgan fingerprint density at radius 3 is 2.89 bits per heavy atom. The van der Waals surface area contributed by atoms with E-state index in [0.29, 0.717) is 12.6 Å². The summed E-state index contributed by atoms with van der Waals surface area (Å²) < 4.78 is 0.993. The fourth-order valence-corrected chi connectivity index (χ4v) is 2.95. The highest BCUT2D eigenvalue weighted by Crippen LogP contribution is 2.23. The minimum atomic E-state index is 0.532. The molecule has 100 valence electrons. The first-order valence-corrected chi connectivity index (χ1v) is 7.28. The minimum absolute atomic E-state index is 0.532. The van der Waals surface area contributed by atoms with Gasteiger partial charge < -0.3 is 10.6 Å². The molecule has 2 N–H and O–H groups in total. The first-order chi connectivity index (χ1) is 8.65. The Morgan fingerprint density at radius 1 is 1.50 bits per heavy atom. The Bertz CT molecular complexity index is 410. The van der Waals surface area contributed by atoms with E-state index in [0.717, 1.165) is 42.0 Å². The number of likely N-dealkylation sites (N-methyl/N-ethyl adjacent to an activating group) is 1. The number of rotatable bonds is 3. The number of hydrogen-bond donors (Lipinski definition) is 1. The average molecular weight is 313 g/mol. The third-order valence-corrected chi connectivity index (χ3v) is 4.03. The van der Waals surface area contributed by atoms with Crippen LogP contribution in [0.25, 0.3) is 0 Å². The zero-order valence-electron chi connectivity index (χ0n) is 11.1. The molecule has 1 aliphatic heterocycles. The van der Waals surface area contributed by atoms with Crippen molar-refractivity contribution < 1.29 is 0 Å². The highest BCUT2D eigenvalue weighted by atomic mass is 79.9. The molecule has 0 saturated carbocycles. The lowest BCUT2D eigenvalue weighted by molar-refractivity contribution is 0.199. The third kappa shape index (κ3) is 2.84. The van der Waals surface area contributed by atoms with E-state index < -0.39 is 0 Å². The van der Waals surface area contributed by atoms with Gasteiger partial charge in [-0.2, -0.15) is 0 Å². The van der Waals surface area contributed by atoms with E-state index in [-0.39, 0.29) is 0 Å². The summed E-state index contributed by atoms with van der Waals surface area (Å²) in [7, 11) is 0. The van der Waals surface area contributed by atoms with E-state index in [1.54, 1.807) is 0 Å². The number of halogens is 1. The van der Waals surface area contributed by atoms with Crippen molar-refractivity contribution in [2.24, 2.45) is 5.73 Å². The standard InChI is InChI=1S/C13H21BrN4/c1-3-17-4-5-18(9-10(17)2)13-11(7-15)6-12(14)8-16-13/h6,8,10H,3-5,7,9,15H2,1-2H3. The van der Waals surface area contributed by atoms with E-state index in [1.165, 1.54) is 0 Å². The summed E-state index contributed by atoms with van der Waals surface area (Å²) in [4.78, 5) is 9.39. The van der Waals surface area contributed by atoms with Gasteiger partial charge in [-0.15, -0.1) is 0 Å². The Hall–Kier alpha value is -0.650. The predicted molar refractivity (Wildman–Crippen MR) is 78.8 cm³/mol. The van der Waals surface area contributed by atoms with Crippen LogP contribution in [-0.4, -0.2) is 42.1 Å². The molecule has 1 saturated heterocycles. The number of nitrogens with zero attached hydrogens (tertiary/aromatic N) is 3. The summed E-state index contributed by atoms with van der Waals surface area (Å²) in [5, 5.41) is 0. The molecular weight excluding hydrogens is 292 g/mol. The van der Waals surface area contributed by atoms with E-state index in [2.05, 4.69) is 50.6 Å². The summed E-state index contributed by atoms with van der Waals surface area (Å²) in [5.74, 6) is 1.04. The maximum atomic E-state index is 5.82. The predicted octanol–water partition coefficient (Wildman–Crippen LogP) is 1.83. The molecular formula is C13H21BrN4. The molecule has 1 fully saturated rings. The van der Waals surface area contributed by atoms with Crippen LogP contribution in [0.1, 0.15) is 19.4 Å². The Labute approximate surface area is 117 Å². The molecule has 5 heteroatoms. The van der Waals surface area contributed by atoms with Crippen LogP contribution in [0.5, 0.6) is 0 Å². The van der Waals surface area contributed by atoms with Crippen LogP contribution < -0.4 is 10.6 Å². The molecule has 0 aromatic carbocycles. The van der Waals surface area contributed by atoms with Gasteiger partial charge in [0.05, 0.1) is 0 Å². The first kappa shape index (κ1) is 13.8. The highest BCUT2D eigenvalue weighted by molar-refractivity contribution is 9.10. The van der Waals surface area contributed by atoms with Crippen molar-refractivity contribution in [3.05, 3.63) is 22.3 Å². The molecule has 2 heterocycles. The number of hydrogen-bond acceptors (Lipinski definition) is 4. The minimum Gasteiger partial charge on any atom is -0.354 e. The van der Waals surface area contributed by atoms with Crippen molar-refractivity contribution in [2.45, 2.75) is 26.4 Å². The van der Waals surface area contributed by atoms with Crippen molar-refractivity contribution >= 4 is 21.7 Å². The van der Waals surface area contributed by atoms with Gasteiger partial charge in [0.2, 0.25) is 0 Å². The van der Waals surface area contributed by atoms with E-state index in [4.69, 9.17) is 5.73 Å². The van der Waals surface area contributed by atoms with Crippen LogP contribution in [0, 0.1) is 0 Å². The molecule has 0 aliphatic carbocycles. The molecule has 1 aliphatic rings. The van der Waals surface area contributed by atoms with Crippen LogP contribution >= 0.6 is 15.9 Å². The highest BCUT2D eigenvalue weighted by Gasteiger charge is 2.24. The average Bonchev–Trinajstić information content (AvgIpc) is 2.38. The molecule has 0 amide bonds. The Kier molecular flexibility index (Phi) is 4.59. The fourth-order valence-electron chi connectivity index (χ4n) is 2.57. The zero-order valence-corrected chi connectivity index (χ0v) is 12.7. The van der Waals surface area contributed by atoms with Gasteiger partial charge in [0, 0.05) is 48.5 Å². The number of pyridine rings is 1. The second kappa shape index (κ2) is 5.99. The number of aromatic nitrogens is 1. The van der Waals surface area contributed by atoms with Gasteiger partial charge >= 0.3 is 0 Å². The molecule has 0 spiro atoms. The Balaban J connectivity index is 2.17. The SMILES string of the molecule is CCN1CCN(c2ncc(Br)cc2CN)CC1C.